The predicted molar refractivity (Wildman–Crippen MR) is 41.8 cm³/mol. The zero-order valence-corrected chi connectivity index (χ0v) is 8.11. The van der Waals surface area contributed by atoms with Gasteiger partial charge in [0, 0.05) is 6.20 Å². The molecule has 0 saturated carbocycles. The molecule has 0 aromatic rings. The standard InChI is InChI=1S/C7H4F6N2O3/c8-6(9,10)3(16)2-1-14-4(17)15-5(2,18)7(11,12)13/h1,18H,(H2,14,15,17). The van der Waals surface area contributed by atoms with Gasteiger partial charge in [0.2, 0.25) is 0 Å². The van der Waals surface area contributed by atoms with Gasteiger partial charge in [0.25, 0.3) is 11.5 Å². The molecule has 1 atom stereocenters. The van der Waals surface area contributed by atoms with Crippen molar-refractivity contribution >= 4 is 11.8 Å². The van der Waals surface area contributed by atoms with Crippen molar-refractivity contribution < 1.29 is 41.0 Å². The largest absolute Gasteiger partial charge is 0.454 e. The molecule has 1 aliphatic heterocycles. The van der Waals surface area contributed by atoms with Gasteiger partial charge in [-0.15, -0.1) is 0 Å². The van der Waals surface area contributed by atoms with E-state index in [0.717, 1.165) is 5.32 Å². The smallest absolute Gasteiger partial charge is 0.360 e. The molecule has 0 bridgehead atoms. The maximum absolute atomic E-state index is 12.4. The third-order valence-electron chi connectivity index (χ3n) is 1.94. The zero-order valence-electron chi connectivity index (χ0n) is 8.11. The summed E-state index contributed by atoms with van der Waals surface area (Å²) in [6, 6.07) is -1.60. The topological polar surface area (TPSA) is 78.4 Å². The summed E-state index contributed by atoms with van der Waals surface area (Å²) in [4.78, 5) is 21.4. The van der Waals surface area contributed by atoms with Gasteiger partial charge >= 0.3 is 18.4 Å². The van der Waals surface area contributed by atoms with Crippen molar-refractivity contribution in [1.29, 1.82) is 0 Å². The molecule has 11 heteroatoms. The van der Waals surface area contributed by atoms with E-state index in [1.165, 1.54) is 5.32 Å². The summed E-state index contributed by atoms with van der Waals surface area (Å²) >= 11 is 0. The predicted octanol–water partition coefficient (Wildman–Crippen LogP) is 0.565. The van der Waals surface area contributed by atoms with Gasteiger partial charge in [-0.25, -0.2) is 4.79 Å². The minimum Gasteiger partial charge on any atom is -0.360 e. The Bertz CT molecular complexity index is 426. The van der Waals surface area contributed by atoms with Crippen molar-refractivity contribution in [1.82, 2.24) is 10.6 Å². The quantitative estimate of drug-likeness (QED) is 0.613. The minimum atomic E-state index is -5.70. The minimum absolute atomic E-state index is 0.137. The summed E-state index contributed by atoms with van der Waals surface area (Å²) in [5.41, 5.74) is -6.45. The average Bonchev–Trinajstić information content (AvgIpc) is 2.13. The molecule has 0 aromatic carbocycles. The normalized spacial score (nSPS) is 25.1. The number of aliphatic hydroxyl groups is 1. The van der Waals surface area contributed by atoms with E-state index in [1.807, 2.05) is 0 Å². The molecule has 3 N–H and O–H groups in total. The first-order chi connectivity index (χ1) is 7.89. The van der Waals surface area contributed by atoms with Crippen LogP contribution in [0, 0.1) is 0 Å². The lowest BCUT2D eigenvalue weighted by Gasteiger charge is -2.35. The lowest BCUT2D eigenvalue weighted by Crippen LogP contribution is -2.66. The summed E-state index contributed by atoms with van der Waals surface area (Å²) in [5.74, 6) is -2.92. The number of hydrogen-bond donors (Lipinski definition) is 3. The number of halogens is 6. The molecule has 5 nitrogen and oxygen atoms in total. The maximum atomic E-state index is 12.4. The number of amides is 2. The first-order valence-corrected chi connectivity index (χ1v) is 4.09. The van der Waals surface area contributed by atoms with Gasteiger partial charge in [0.05, 0.1) is 5.57 Å². The number of hydrogen-bond acceptors (Lipinski definition) is 3. The Kier molecular flexibility index (Phi) is 3.07. The van der Waals surface area contributed by atoms with Gasteiger partial charge in [-0.05, 0) is 0 Å². The van der Waals surface area contributed by atoms with Crippen LogP contribution >= 0.6 is 0 Å². The summed E-state index contributed by atoms with van der Waals surface area (Å²) in [6.45, 7) is 0. The second-order valence-electron chi connectivity index (χ2n) is 3.19. The van der Waals surface area contributed by atoms with E-state index >= 15 is 0 Å². The molecule has 0 aromatic heterocycles. The lowest BCUT2D eigenvalue weighted by molar-refractivity contribution is -0.254. The van der Waals surface area contributed by atoms with Crippen LogP contribution in [-0.4, -0.2) is 35.0 Å². The summed E-state index contributed by atoms with van der Waals surface area (Å²) in [7, 11) is 0. The van der Waals surface area contributed by atoms with Gasteiger partial charge in [-0.3, -0.25) is 10.1 Å². The van der Waals surface area contributed by atoms with E-state index < -0.39 is 35.5 Å². The van der Waals surface area contributed by atoms with Crippen LogP contribution in [0.3, 0.4) is 0 Å². The molecule has 1 aliphatic rings. The molecule has 0 aliphatic carbocycles. The third kappa shape index (κ3) is 2.25. The molecule has 1 unspecified atom stereocenters. The Hall–Kier alpha value is -1.78. The third-order valence-corrected chi connectivity index (χ3v) is 1.94. The van der Waals surface area contributed by atoms with Crippen LogP contribution in [0.1, 0.15) is 0 Å². The molecule has 1 rings (SSSR count). The lowest BCUT2D eigenvalue weighted by atomic mass is 9.97. The molecular formula is C7H4F6N2O3. The van der Waals surface area contributed by atoms with Crippen LogP contribution in [0.25, 0.3) is 0 Å². The molecule has 0 spiro atoms. The first-order valence-electron chi connectivity index (χ1n) is 4.09. The highest BCUT2D eigenvalue weighted by molar-refractivity contribution is 6.03. The van der Waals surface area contributed by atoms with Gasteiger partial charge in [-0.1, -0.05) is 0 Å². The van der Waals surface area contributed by atoms with Crippen molar-refractivity contribution in [2.75, 3.05) is 0 Å². The average molecular weight is 278 g/mol. The highest BCUT2D eigenvalue weighted by Gasteiger charge is 2.63. The van der Waals surface area contributed by atoms with Crippen LogP contribution in [0.5, 0.6) is 0 Å². The van der Waals surface area contributed by atoms with Crippen molar-refractivity contribution in [3.63, 3.8) is 0 Å². The number of alkyl halides is 6. The van der Waals surface area contributed by atoms with Gasteiger partial charge in [0.15, 0.2) is 0 Å². The van der Waals surface area contributed by atoms with Crippen LogP contribution in [0.4, 0.5) is 31.1 Å². The Labute approximate surface area is 94.4 Å². The number of nitrogens with one attached hydrogen (secondary N) is 2. The van der Waals surface area contributed by atoms with E-state index in [9.17, 15) is 35.9 Å². The zero-order chi connectivity index (χ0) is 14.4. The molecule has 1 heterocycles. The molecule has 102 valence electrons. The van der Waals surface area contributed by atoms with Crippen molar-refractivity contribution in [2.24, 2.45) is 0 Å². The highest BCUT2D eigenvalue weighted by Crippen LogP contribution is 2.38. The van der Waals surface area contributed by atoms with E-state index in [0.29, 0.717) is 0 Å². The highest BCUT2D eigenvalue weighted by atomic mass is 19.4. The van der Waals surface area contributed by atoms with Gasteiger partial charge < -0.3 is 10.4 Å². The molecule has 2 amide bonds. The molecular weight excluding hydrogens is 274 g/mol. The number of rotatable bonds is 1. The Morgan fingerprint density at radius 1 is 1.22 bits per heavy atom. The summed E-state index contributed by atoms with van der Waals surface area (Å²) < 4.78 is 73.5. The summed E-state index contributed by atoms with van der Waals surface area (Å²) in [6.07, 6.45) is -11.5. The Morgan fingerprint density at radius 3 is 2.11 bits per heavy atom. The fourth-order valence-corrected chi connectivity index (χ4v) is 1.12. The van der Waals surface area contributed by atoms with E-state index in [-0.39, 0.29) is 6.20 Å². The van der Waals surface area contributed by atoms with Crippen LogP contribution in [-0.2, 0) is 4.79 Å². The van der Waals surface area contributed by atoms with Gasteiger partial charge in [-0.2, -0.15) is 26.3 Å². The van der Waals surface area contributed by atoms with Crippen LogP contribution in [0.2, 0.25) is 0 Å². The van der Waals surface area contributed by atoms with Gasteiger partial charge in [0.1, 0.15) is 0 Å². The van der Waals surface area contributed by atoms with E-state index in [2.05, 4.69) is 0 Å². The van der Waals surface area contributed by atoms with Crippen molar-refractivity contribution in [3.8, 4) is 0 Å². The molecule has 0 fully saturated rings. The van der Waals surface area contributed by atoms with Crippen molar-refractivity contribution in [2.45, 2.75) is 18.1 Å². The maximum Gasteiger partial charge on any atom is 0.454 e. The number of Topliss-reactive ketones (excluding diaryl/α,β-unsaturated/α-hetero) is 1. The molecule has 0 saturated heterocycles. The fraction of sp³-hybridized carbons (Fsp3) is 0.429. The van der Waals surface area contributed by atoms with Crippen LogP contribution in [0.15, 0.2) is 11.8 Å². The Morgan fingerprint density at radius 2 is 1.72 bits per heavy atom. The van der Waals surface area contributed by atoms with Crippen molar-refractivity contribution in [3.05, 3.63) is 11.8 Å². The Balaban J connectivity index is 3.31. The number of carbonyl (C=O) groups excluding carboxylic acids is 2. The second kappa shape index (κ2) is 3.86. The van der Waals surface area contributed by atoms with Crippen LogP contribution < -0.4 is 10.6 Å². The van der Waals surface area contributed by atoms with E-state index in [4.69, 9.17) is 5.11 Å². The number of urea groups is 1. The van der Waals surface area contributed by atoms with E-state index in [1.54, 1.807) is 0 Å². The monoisotopic (exact) mass is 278 g/mol. The fourth-order valence-electron chi connectivity index (χ4n) is 1.12. The first kappa shape index (κ1) is 14.3. The summed E-state index contributed by atoms with van der Waals surface area (Å²) in [5, 5.41) is 11.3. The molecule has 18 heavy (non-hydrogen) atoms. The number of ketones is 1. The SMILES string of the molecule is O=C1NC=C(C(=O)C(F)(F)F)C(O)(C(F)(F)F)N1. The molecule has 0 radical (unpaired) electrons. The second-order valence-corrected chi connectivity index (χ2v) is 3.19. The number of carbonyl (C=O) groups is 2.